The normalized spacial score (nSPS) is 23.2. The first-order chi connectivity index (χ1) is 9.42. The lowest BCUT2D eigenvalue weighted by molar-refractivity contribution is -0.152. The molecule has 1 saturated heterocycles. The zero-order valence-electron chi connectivity index (χ0n) is 11.7. The number of aromatic nitrogens is 2. The fraction of sp³-hybridized carbons (Fsp3) is 0.500. The fourth-order valence-electron chi connectivity index (χ4n) is 2.41. The molecular formula is C14H19N3O3. The molecular weight excluding hydrogens is 258 g/mol. The Labute approximate surface area is 117 Å². The number of hydrogen-bond donors (Lipinski definition) is 1. The van der Waals surface area contributed by atoms with Gasteiger partial charge in [0.05, 0.1) is 11.1 Å². The van der Waals surface area contributed by atoms with Gasteiger partial charge in [-0.15, -0.1) is 0 Å². The van der Waals surface area contributed by atoms with Gasteiger partial charge in [0.25, 0.3) is 0 Å². The summed E-state index contributed by atoms with van der Waals surface area (Å²) in [7, 11) is 1.80. The van der Waals surface area contributed by atoms with Crippen molar-refractivity contribution in [3.05, 3.63) is 24.0 Å². The molecule has 1 atom stereocenters. The number of hydrogen-bond acceptors (Lipinski definition) is 3. The van der Waals surface area contributed by atoms with Crippen molar-refractivity contribution in [3.63, 3.8) is 0 Å². The van der Waals surface area contributed by atoms with Gasteiger partial charge < -0.3 is 10.0 Å². The van der Waals surface area contributed by atoms with Gasteiger partial charge in [-0.3, -0.25) is 14.3 Å². The van der Waals surface area contributed by atoms with Crippen LogP contribution in [0.25, 0.3) is 6.08 Å². The van der Waals surface area contributed by atoms with Crippen molar-refractivity contribution in [2.75, 3.05) is 13.1 Å². The molecule has 0 radical (unpaired) electrons. The van der Waals surface area contributed by atoms with Gasteiger partial charge in [0.1, 0.15) is 0 Å². The summed E-state index contributed by atoms with van der Waals surface area (Å²) in [6, 6.07) is 1.81. The maximum atomic E-state index is 12.1. The van der Waals surface area contributed by atoms with Crippen LogP contribution in [0.2, 0.25) is 0 Å². The maximum absolute atomic E-state index is 12.1. The second kappa shape index (κ2) is 5.48. The first kappa shape index (κ1) is 14.3. The van der Waals surface area contributed by atoms with E-state index in [4.69, 9.17) is 0 Å². The van der Waals surface area contributed by atoms with Gasteiger partial charge in [-0.2, -0.15) is 5.10 Å². The number of likely N-dealkylation sites (tertiary alicyclic amines) is 1. The third kappa shape index (κ3) is 2.89. The summed E-state index contributed by atoms with van der Waals surface area (Å²) in [6.45, 7) is 2.56. The molecule has 1 aromatic heterocycles. The molecule has 108 valence electrons. The van der Waals surface area contributed by atoms with Crippen LogP contribution in [0.4, 0.5) is 0 Å². The molecule has 2 rings (SSSR count). The highest BCUT2D eigenvalue weighted by atomic mass is 16.4. The molecule has 0 saturated carbocycles. The summed E-state index contributed by atoms with van der Waals surface area (Å²) in [5.74, 6) is -0.996. The Morgan fingerprint density at radius 1 is 1.50 bits per heavy atom. The van der Waals surface area contributed by atoms with Crippen LogP contribution in [0.3, 0.4) is 0 Å². The topological polar surface area (TPSA) is 75.4 Å². The van der Waals surface area contributed by atoms with Gasteiger partial charge >= 0.3 is 5.97 Å². The van der Waals surface area contributed by atoms with Gasteiger partial charge in [-0.1, -0.05) is 0 Å². The predicted molar refractivity (Wildman–Crippen MR) is 73.8 cm³/mol. The molecule has 0 aromatic carbocycles. The Morgan fingerprint density at radius 3 is 2.85 bits per heavy atom. The molecule has 20 heavy (non-hydrogen) atoms. The minimum absolute atomic E-state index is 0.154. The van der Waals surface area contributed by atoms with Crippen molar-refractivity contribution >= 4 is 18.0 Å². The number of piperidine rings is 1. The molecule has 0 aliphatic carbocycles. The third-order valence-electron chi connectivity index (χ3n) is 3.78. The summed E-state index contributed by atoms with van der Waals surface area (Å²) in [5.41, 5.74) is -0.00905. The second-order valence-corrected chi connectivity index (χ2v) is 5.44. The molecule has 0 bridgehead atoms. The monoisotopic (exact) mass is 277 g/mol. The van der Waals surface area contributed by atoms with Crippen LogP contribution in [-0.4, -0.2) is 44.8 Å². The standard InChI is InChI=1S/C14H19N3O3/c1-14(13(19)20)7-3-9-17(10-14)12(18)5-4-11-6-8-15-16(11)2/h4-6,8H,3,7,9-10H2,1-2H3,(H,19,20). The van der Waals surface area contributed by atoms with E-state index >= 15 is 0 Å². The lowest BCUT2D eigenvalue weighted by atomic mass is 9.82. The number of carboxylic acids is 1. The van der Waals surface area contributed by atoms with Gasteiger partial charge in [0, 0.05) is 32.4 Å². The summed E-state index contributed by atoms with van der Waals surface area (Å²) in [4.78, 5) is 25.0. The van der Waals surface area contributed by atoms with Crippen LogP contribution in [0.15, 0.2) is 18.3 Å². The lowest BCUT2D eigenvalue weighted by Gasteiger charge is -2.37. The Kier molecular flexibility index (Phi) is 3.92. The van der Waals surface area contributed by atoms with Crippen molar-refractivity contribution in [1.82, 2.24) is 14.7 Å². The molecule has 1 amide bonds. The SMILES string of the molecule is Cn1nccc1C=CC(=O)N1CCCC(C)(C(=O)O)C1. The molecule has 1 unspecified atom stereocenters. The van der Waals surface area contributed by atoms with E-state index in [0.29, 0.717) is 19.4 Å². The quantitative estimate of drug-likeness (QED) is 0.841. The molecule has 2 heterocycles. The van der Waals surface area contributed by atoms with Crippen molar-refractivity contribution in [2.24, 2.45) is 12.5 Å². The molecule has 0 spiro atoms. The first-order valence-corrected chi connectivity index (χ1v) is 6.61. The summed E-state index contributed by atoms with van der Waals surface area (Å²) < 4.78 is 1.67. The second-order valence-electron chi connectivity index (χ2n) is 5.44. The fourth-order valence-corrected chi connectivity index (χ4v) is 2.41. The van der Waals surface area contributed by atoms with Crippen LogP contribution in [0.5, 0.6) is 0 Å². The zero-order chi connectivity index (χ0) is 14.8. The average Bonchev–Trinajstić information content (AvgIpc) is 2.81. The smallest absolute Gasteiger partial charge is 0.311 e. The summed E-state index contributed by atoms with van der Waals surface area (Å²) in [5, 5.41) is 13.3. The number of carbonyl (C=O) groups excluding carboxylic acids is 1. The van der Waals surface area contributed by atoms with Gasteiger partial charge in [-0.05, 0) is 31.9 Å². The van der Waals surface area contributed by atoms with E-state index in [1.54, 1.807) is 41.9 Å². The van der Waals surface area contributed by atoms with Crippen LogP contribution in [-0.2, 0) is 16.6 Å². The van der Waals surface area contributed by atoms with E-state index in [2.05, 4.69) is 5.10 Å². The predicted octanol–water partition coefficient (Wildman–Crippen LogP) is 1.15. The average molecular weight is 277 g/mol. The zero-order valence-corrected chi connectivity index (χ0v) is 11.7. The van der Waals surface area contributed by atoms with E-state index in [-0.39, 0.29) is 12.5 Å². The number of carboxylic acid groups (broad SMARTS) is 1. The van der Waals surface area contributed by atoms with Gasteiger partial charge in [-0.25, -0.2) is 0 Å². The first-order valence-electron chi connectivity index (χ1n) is 6.61. The molecule has 6 nitrogen and oxygen atoms in total. The van der Waals surface area contributed by atoms with Crippen molar-refractivity contribution in [2.45, 2.75) is 19.8 Å². The van der Waals surface area contributed by atoms with E-state index < -0.39 is 11.4 Å². The number of aryl methyl sites for hydroxylation is 1. The number of carbonyl (C=O) groups is 2. The van der Waals surface area contributed by atoms with Crippen molar-refractivity contribution in [3.8, 4) is 0 Å². The Balaban J connectivity index is 2.04. The molecule has 1 aromatic rings. The Hall–Kier alpha value is -2.11. The third-order valence-corrected chi connectivity index (χ3v) is 3.78. The molecule has 6 heteroatoms. The van der Waals surface area contributed by atoms with Crippen LogP contribution in [0.1, 0.15) is 25.5 Å². The Morgan fingerprint density at radius 2 is 2.25 bits per heavy atom. The maximum Gasteiger partial charge on any atom is 0.311 e. The highest BCUT2D eigenvalue weighted by Crippen LogP contribution is 2.29. The molecule has 1 fully saturated rings. The van der Waals surface area contributed by atoms with Crippen LogP contribution in [0, 0.1) is 5.41 Å². The van der Waals surface area contributed by atoms with E-state index in [1.807, 2.05) is 0 Å². The molecule has 1 aliphatic heterocycles. The molecule has 1 N–H and O–H groups in total. The van der Waals surface area contributed by atoms with Crippen LogP contribution < -0.4 is 0 Å². The van der Waals surface area contributed by atoms with Gasteiger partial charge in [0.15, 0.2) is 0 Å². The number of nitrogens with zero attached hydrogens (tertiary/aromatic N) is 3. The number of rotatable bonds is 3. The van der Waals surface area contributed by atoms with E-state index in [0.717, 1.165) is 5.69 Å². The summed E-state index contributed by atoms with van der Waals surface area (Å²) >= 11 is 0. The highest BCUT2D eigenvalue weighted by molar-refractivity contribution is 5.92. The van der Waals surface area contributed by atoms with Crippen molar-refractivity contribution in [1.29, 1.82) is 0 Å². The number of aliphatic carboxylic acids is 1. The summed E-state index contributed by atoms with van der Waals surface area (Å²) in [6.07, 6.45) is 6.16. The lowest BCUT2D eigenvalue weighted by Crippen LogP contribution is -2.47. The highest BCUT2D eigenvalue weighted by Gasteiger charge is 2.38. The minimum atomic E-state index is -0.842. The van der Waals surface area contributed by atoms with E-state index in [9.17, 15) is 14.7 Å². The van der Waals surface area contributed by atoms with E-state index in [1.165, 1.54) is 6.08 Å². The van der Waals surface area contributed by atoms with Crippen LogP contribution >= 0.6 is 0 Å². The minimum Gasteiger partial charge on any atom is -0.481 e. The molecule has 1 aliphatic rings. The largest absolute Gasteiger partial charge is 0.481 e. The van der Waals surface area contributed by atoms with Crippen molar-refractivity contribution < 1.29 is 14.7 Å². The Bertz CT molecular complexity index is 550. The number of amides is 1. The van der Waals surface area contributed by atoms with Gasteiger partial charge in [0.2, 0.25) is 5.91 Å².